The van der Waals surface area contributed by atoms with Crippen molar-refractivity contribution >= 4 is 23.5 Å². The van der Waals surface area contributed by atoms with Crippen LogP contribution in [0.4, 0.5) is 5.82 Å². The number of nitrogens with one attached hydrogen (secondary N) is 1. The number of ether oxygens (including phenoxy) is 1. The molecule has 3 aromatic heterocycles. The highest BCUT2D eigenvalue weighted by Crippen LogP contribution is 2.30. The molecule has 0 aliphatic carbocycles. The largest absolute Gasteiger partial charge is 0.469 e. The Kier molecular flexibility index (Phi) is 6.91. The van der Waals surface area contributed by atoms with Gasteiger partial charge in [0.1, 0.15) is 17.6 Å². The molecule has 0 bridgehead atoms. The van der Waals surface area contributed by atoms with Crippen LogP contribution in [0.25, 0.3) is 11.4 Å². The third kappa shape index (κ3) is 4.56. The fourth-order valence-electron chi connectivity index (χ4n) is 4.15. The highest BCUT2D eigenvalue weighted by Gasteiger charge is 2.24. The lowest BCUT2D eigenvalue weighted by Gasteiger charge is -2.16. The first-order chi connectivity index (χ1) is 15.9. The van der Waals surface area contributed by atoms with Gasteiger partial charge in [-0.25, -0.2) is 0 Å². The molecule has 4 heterocycles. The number of thioether (sulfide) groups is 1. The Morgan fingerprint density at radius 1 is 1.33 bits per heavy atom. The van der Waals surface area contributed by atoms with E-state index >= 15 is 0 Å². The van der Waals surface area contributed by atoms with Crippen LogP contribution in [0.2, 0.25) is 0 Å². The lowest BCUT2D eigenvalue weighted by Crippen LogP contribution is -2.22. The quantitative estimate of drug-likeness (QED) is 0.496. The fourth-order valence-corrected chi connectivity index (χ4v) is 4.95. The predicted molar refractivity (Wildman–Crippen MR) is 125 cm³/mol. The summed E-state index contributed by atoms with van der Waals surface area (Å²) >= 11 is 1.32. The summed E-state index contributed by atoms with van der Waals surface area (Å²) in [6.07, 6.45) is 3.74. The number of anilines is 1. The van der Waals surface area contributed by atoms with Crippen LogP contribution in [0.3, 0.4) is 0 Å². The Balaban J connectivity index is 1.50. The van der Waals surface area contributed by atoms with E-state index in [-0.39, 0.29) is 17.8 Å². The minimum Gasteiger partial charge on any atom is -0.469 e. The number of hydrogen-bond donors (Lipinski definition) is 1. The first-order valence-corrected chi connectivity index (χ1v) is 12.0. The molecule has 1 atom stereocenters. The van der Waals surface area contributed by atoms with Crippen LogP contribution in [0.15, 0.2) is 21.9 Å². The first-order valence-electron chi connectivity index (χ1n) is 11.1. The molecule has 0 radical (unpaired) electrons. The second-order valence-corrected chi connectivity index (χ2v) is 9.01. The molecule has 3 aromatic rings. The van der Waals surface area contributed by atoms with E-state index in [0.29, 0.717) is 29.6 Å². The summed E-state index contributed by atoms with van der Waals surface area (Å²) in [5, 5.41) is 21.9. The van der Waals surface area contributed by atoms with Gasteiger partial charge in [0.05, 0.1) is 35.8 Å². The van der Waals surface area contributed by atoms with E-state index in [1.807, 2.05) is 42.9 Å². The standard InChI is InChI=1S/C23H28N6O3S/c1-5-28-22(18-8-10-31-16(18)4)26-27-23(28)33-13-20(30)25-21-19(11-24)14(2)15(3)29(21)12-17-7-6-9-32-17/h8,10,17H,5-7,9,12-13H2,1-4H3,(H,25,30)/t17-/m1/s1. The topological polar surface area (TPSA) is 111 Å². The normalized spacial score (nSPS) is 15.7. The molecule has 1 N–H and O–H groups in total. The fraction of sp³-hybridized carbons (Fsp3) is 0.478. The van der Waals surface area contributed by atoms with E-state index in [0.717, 1.165) is 47.9 Å². The molecule has 174 valence electrons. The second-order valence-electron chi connectivity index (χ2n) is 8.07. The number of rotatable bonds is 8. The summed E-state index contributed by atoms with van der Waals surface area (Å²) in [6, 6.07) is 4.12. The van der Waals surface area contributed by atoms with Gasteiger partial charge in [0.2, 0.25) is 5.91 Å². The number of aromatic nitrogens is 4. The zero-order chi connectivity index (χ0) is 23.5. The van der Waals surface area contributed by atoms with Crippen LogP contribution in [-0.2, 0) is 22.6 Å². The monoisotopic (exact) mass is 468 g/mol. The van der Waals surface area contributed by atoms with Crippen LogP contribution in [-0.4, -0.2) is 43.7 Å². The number of nitriles is 1. The van der Waals surface area contributed by atoms with Gasteiger partial charge in [0.25, 0.3) is 0 Å². The van der Waals surface area contributed by atoms with Crippen molar-refractivity contribution < 1.29 is 13.9 Å². The molecule has 1 saturated heterocycles. The second kappa shape index (κ2) is 9.85. The van der Waals surface area contributed by atoms with Gasteiger partial charge in [0.15, 0.2) is 11.0 Å². The van der Waals surface area contributed by atoms with Crippen molar-refractivity contribution in [2.24, 2.45) is 0 Å². The Morgan fingerprint density at radius 3 is 2.79 bits per heavy atom. The van der Waals surface area contributed by atoms with Crippen LogP contribution < -0.4 is 5.32 Å². The summed E-state index contributed by atoms with van der Waals surface area (Å²) in [4.78, 5) is 12.9. The summed E-state index contributed by atoms with van der Waals surface area (Å²) in [5.74, 6) is 1.98. The van der Waals surface area contributed by atoms with Gasteiger partial charge in [0, 0.05) is 18.8 Å². The van der Waals surface area contributed by atoms with Gasteiger partial charge in [-0.05, 0) is 52.2 Å². The van der Waals surface area contributed by atoms with Gasteiger partial charge < -0.3 is 23.6 Å². The Morgan fingerprint density at radius 2 is 2.15 bits per heavy atom. The van der Waals surface area contributed by atoms with Crippen molar-refractivity contribution in [1.29, 1.82) is 5.26 Å². The molecular formula is C23H28N6O3S. The van der Waals surface area contributed by atoms with E-state index in [1.54, 1.807) is 6.26 Å². The highest BCUT2D eigenvalue weighted by atomic mass is 32.2. The number of amides is 1. The zero-order valence-corrected chi connectivity index (χ0v) is 20.2. The van der Waals surface area contributed by atoms with Gasteiger partial charge >= 0.3 is 0 Å². The molecule has 1 fully saturated rings. The van der Waals surface area contributed by atoms with Gasteiger partial charge in [-0.3, -0.25) is 4.79 Å². The average molecular weight is 469 g/mol. The lowest BCUT2D eigenvalue weighted by atomic mass is 10.2. The molecule has 33 heavy (non-hydrogen) atoms. The lowest BCUT2D eigenvalue weighted by molar-refractivity contribution is -0.113. The number of carbonyl (C=O) groups is 1. The molecule has 0 spiro atoms. The minimum atomic E-state index is -0.200. The maximum Gasteiger partial charge on any atom is 0.235 e. The number of nitrogens with zero attached hydrogens (tertiary/aromatic N) is 5. The number of furan rings is 1. The number of carbonyl (C=O) groups excluding carboxylic acids is 1. The summed E-state index contributed by atoms with van der Waals surface area (Å²) < 4.78 is 15.1. The molecule has 1 aliphatic heterocycles. The van der Waals surface area contributed by atoms with Gasteiger partial charge in [-0.15, -0.1) is 10.2 Å². The smallest absolute Gasteiger partial charge is 0.235 e. The summed E-state index contributed by atoms with van der Waals surface area (Å²) in [6.45, 7) is 9.81. The molecule has 10 heteroatoms. The SMILES string of the molecule is CCn1c(SCC(=O)Nc2c(C#N)c(C)c(C)n2C[C@H]2CCCO2)nnc1-c1ccoc1C. The molecule has 1 aliphatic rings. The maximum atomic E-state index is 12.9. The molecular weight excluding hydrogens is 440 g/mol. The summed E-state index contributed by atoms with van der Waals surface area (Å²) in [7, 11) is 0. The molecule has 4 rings (SSSR count). The molecule has 1 amide bonds. The number of hydrogen-bond acceptors (Lipinski definition) is 7. The zero-order valence-electron chi connectivity index (χ0n) is 19.3. The van der Waals surface area contributed by atoms with Crippen LogP contribution in [0.1, 0.15) is 42.3 Å². The molecule has 9 nitrogen and oxygen atoms in total. The minimum absolute atomic E-state index is 0.0972. The van der Waals surface area contributed by atoms with Crippen LogP contribution >= 0.6 is 11.8 Å². The van der Waals surface area contributed by atoms with Crippen molar-refractivity contribution in [2.45, 2.75) is 64.9 Å². The van der Waals surface area contributed by atoms with Crippen molar-refractivity contribution in [3.05, 3.63) is 34.9 Å². The maximum absolute atomic E-state index is 12.9. The average Bonchev–Trinajstić information content (AvgIpc) is 3.58. The molecule has 0 unspecified atom stereocenters. The van der Waals surface area contributed by atoms with Crippen LogP contribution in [0.5, 0.6) is 0 Å². The Labute approximate surface area is 197 Å². The van der Waals surface area contributed by atoms with Crippen molar-refractivity contribution in [3.8, 4) is 17.5 Å². The van der Waals surface area contributed by atoms with E-state index in [4.69, 9.17) is 9.15 Å². The van der Waals surface area contributed by atoms with E-state index in [2.05, 4.69) is 21.6 Å². The molecule has 0 aromatic carbocycles. The van der Waals surface area contributed by atoms with Crippen molar-refractivity contribution in [1.82, 2.24) is 19.3 Å². The Bertz CT molecular complexity index is 1200. The predicted octanol–water partition coefficient (Wildman–Crippen LogP) is 4.07. The third-order valence-corrected chi connectivity index (χ3v) is 7.04. The van der Waals surface area contributed by atoms with Crippen LogP contribution in [0, 0.1) is 32.1 Å². The first kappa shape index (κ1) is 23.1. The van der Waals surface area contributed by atoms with E-state index < -0.39 is 0 Å². The number of aryl methyl sites for hydroxylation is 1. The van der Waals surface area contributed by atoms with Gasteiger partial charge in [-0.1, -0.05) is 11.8 Å². The highest BCUT2D eigenvalue weighted by molar-refractivity contribution is 7.99. The third-order valence-electron chi connectivity index (χ3n) is 6.07. The molecule has 0 saturated carbocycles. The Hall–Kier alpha value is -3.03. The van der Waals surface area contributed by atoms with Crippen molar-refractivity contribution in [2.75, 3.05) is 17.7 Å². The van der Waals surface area contributed by atoms with E-state index in [9.17, 15) is 10.1 Å². The van der Waals surface area contributed by atoms with Gasteiger partial charge in [-0.2, -0.15) is 5.26 Å². The van der Waals surface area contributed by atoms with E-state index in [1.165, 1.54) is 11.8 Å². The summed E-state index contributed by atoms with van der Waals surface area (Å²) in [5.41, 5.74) is 3.23. The van der Waals surface area contributed by atoms with Crippen molar-refractivity contribution in [3.63, 3.8) is 0 Å².